The summed E-state index contributed by atoms with van der Waals surface area (Å²) in [4.78, 5) is 1.03. The molecule has 0 fully saturated rings. The minimum Gasteiger partial charge on any atom is -0.310 e. The van der Waals surface area contributed by atoms with Crippen LogP contribution in [0.4, 0.5) is 0 Å². The molecule has 1 heterocycles. The summed E-state index contributed by atoms with van der Waals surface area (Å²) in [6, 6.07) is 3.88. The number of nitrogens with zero attached hydrogens (tertiary/aromatic N) is 1. The van der Waals surface area contributed by atoms with Crippen LogP contribution in [0.15, 0.2) is 11.4 Å². The zero-order valence-electron chi connectivity index (χ0n) is 10.1. The summed E-state index contributed by atoms with van der Waals surface area (Å²) in [5, 5.41) is 13.6. The number of rotatable bonds is 5. The van der Waals surface area contributed by atoms with E-state index in [9.17, 15) is 8.42 Å². The van der Waals surface area contributed by atoms with Gasteiger partial charge < -0.3 is 5.32 Å². The van der Waals surface area contributed by atoms with E-state index >= 15 is 0 Å². The first-order chi connectivity index (χ1) is 7.76. The van der Waals surface area contributed by atoms with Crippen molar-refractivity contribution in [2.75, 3.05) is 12.8 Å². The molecule has 0 saturated heterocycles. The van der Waals surface area contributed by atoms with Gasteiger partial charge in [0.2, 0.25) is 0 Å². The fraction of sp³-hybridized carbons (Fsp3) is 0.545. The summed E-state index contributed by atoms with van der Waals surface area (Å²) >= 11 is 1.50. The topological polar surface area (TPSA) is 70.0 Å². The Balaban J connectivity index is 2.51. The Morgan fingerprint density at radius 1 is 1.53 bits per heavy atom. The molecule has 0 amide bonds. The van der Waals surface area contributed by atoms with Crippen molar-refractivity contribution >= 4 is 21.2 Å². The Kier molecular flexibility index (Phi) is 4.31. The van der Waals surface area contributed by atoms with E-state index in [4.69, 9.17) is 5.26 Å². The first-order valence-corrected chi connectivity index (χ1v) is 7.91. The fourth-order valence-corrected chi connectivity index (χ4v) is 2.29. The minimum absolute atomic E-state index is 0.394. The van der Waals surface area contributed by atoms with E-state index in [1.807, 2.05) is 6.07 Å². The lowest BCUT2D eigenvalue weighted by molar-refractivity contribution is 0.522. The molecule has 1 N–H and O–H groups in total. The van der Waals surface area contributed by atoms with Gasteiger partial charge in [0.15, 0.2) is 9.84 Å². The van der Waals surface area contributed by atoms with Crippen LogP contribution >= 0.6 is 11.3 Å². The second-order valence-corrected chi connectivity index (χ2v) is 8.19. The van der Waals surface area contributed by atoms with Crippen LogP contribution in [-0.2, 0) is 16.4 Å². The van der Waals surface area contributed by atoms with E-state index in [2.05, 4.69) is 11.4 Å². The van der Waals surface area contributed by atoms with Crippen LogP contribution in [-0.4, -0.2) is 26.0 Å². The molecular formula is C11H16N2O2S2. The van der Waals surface area contributed by atoms with Crippen molar-refractivity contribution < 1.29 is 8.42 Å². The van der Waals surface area contributed by atoms with Crippen molar-refractivity contribution in [2.24, 2.45) is 0 Å². The number of nitrogens with one attached hydrogen (secondary N) is 1. The van der Waals surface area contributed by atoms with Gasteiger partial charge in [-0.05, 0) is 19.9 Å². The van der Waals surface area contributed by atoms with Crippen molar-refractivity contribution in [2.45, 2.75) is 25.1 Å². The van der Waals surface area contributed by atoms with Crippen molar-refractivity contribution in [1.29, 1.82) is 5.26 Å². The van der Waals surface area contributed by atoms with Gasteiger partial charge in [0.25, 0.3) is 0 Å². The Morgan fingerprint density at radius 3 is 2.65 bits per heavy atom. The van der Waals surface area contributed by atoms with Gasteiger partial charge in [0.05, 0.1) is 10.3 Å². The standard InChI is InChI=1S/C11H16N2O2S2/c1-11(2,17(3,14)15)8-13-6-10-4-9(5-12)7-16-10/h4,7,13H,6,8H2,1-3H3. The van der Waals surface area contributed by atoms with E-state index in [1.54, 1.807) is 19.2 Å². The zero-order chi connectivity index (χ0) is 13.1. The van der Waals surface area contributed by atoms with Gasteiger partial charge in [-0.1, -0.05) is 0 Å². The summed E-state index contributed by atoms with van der Waals surface area (Å²) in [6.45, 7) is 4.38. The third-order valence-corrected chi connectivity index (χ3v) is 5.73. The lowest BCUT2D eigenvalue weighted by Crippen LogP contribution is -2.41. The first kappa shape index (κ1) is 14.2. The van der Waals surface area contributed by atoms with Crippen LogP contribution in [0.25, 0.3) is 0 Å². The predicted octanol–water partition coefficient (Wildman–Crippen LogP) is 1.53. The van der Waals surface area contributed by atoms with E-state index in [1.165, 1.54) is 17.6 Å². The third kappa shape index (κ3) is 3.80. The minimum atomic E-state index is -3.07. The van der Waals surface area contributed by atoms with Crippen molar-refractivity contribution in [3.05, 3.63) is 21.9 Å². The monoisotopic (exact) mass is 272 g/mol. The Bertz CT molecular complexity index is 524. The molecule has 0 atom stereocenters. The average molecular weight is 272 g/mol. The maximum absolute atomic E-state index is 11.5. The summed E-state index contributed by atoms with van der Waals surface area (Å²) in [5.41, 5.74) is 0.647. The molecule has 0 radical (unpaired) electrons. The first-order valence-electron chi connectivity index (χ1n) is 5.14. The van der Waals surface area contributed by atoms with Crippen molar-refractivity contribution in [3.8, 4) is 6.07 Å². The van der Waals surface area contributed by atoms with E-state index in [0.717, 1.165) is 4.88 Å². The van der Waals surface area contributed by atoms with Gasteiger partial charge in [0.1, 0.15) is 6.07 Å². The highest BCUT2D eigenvalue weighted by Gasteiger charge is 2.29. The number of sulfone groups is 1. The summed E-state index contributed by atoms with van der Waals surface area (Å²) in [6.07, 6.45) is 1.24. The third-order valence-electron chi connectivity index (χ3n) is 2.64. The number of thiophene rings is 1. The summed E-state index contributed by atoms with van der Waals surface area (Å²) in [5.74, 6) is 0. The molecule has 0 aliphatic heterocycles. The quantitative estimate of drug-likeness (QED) is 0.882. The molecule has 4 nitrogen and oxygen atoms in total. The second-order valence-electron chi connectivity index (χ2n) is 4.55. The lowest BCUT2D eigenvalue weighted by Gasteiger charge is -2.22. The van der Waals surface area contributed by atoms with Gasteiger partial charge >= 0.3 is 0 Å². The molecule has 1 rings (SSSR count). The van der Waals surface area contributed by atoms with Crippen LogP contribution in [0.5, 0.6) is 0 Å². The van der Waals surface area contributed by atoms with E-state index in [0.29, 0.717) is 18.7 Å². The number of hydrogen-bond donors (Lipinski definition) is 1. The zero-order valence-corrected chi connectivity index (χ0v) is 11.8. The Hall–Kier alpha value is -0.900. The largest absolute Gasteiger partial charge is 0.310 e. The maximum atomic E-state index is 11.5. The molecular weight excluding hydrogens is 256 g/mol. The molecule has 0 spiro atoms. The Morgan fingerprint density at radius 2 is 2.18 bits per heavy atom. The summed E-state index contributed by atoms with van der Waals surface area (Å²) in [7, 11) is -3.07. The molecule has 0 aromatic carbocycles. The van der Waals surface area contributed by atoms with Gasteiger partial charge in [-0.15, -0.1) is 11.3 Å². The van der Waals surface area contributed by atoms with Crippen LogP contribution < -0.4 is 5.32 Å². The van der Waals surface area contributed by atoms with E-state index < -0.39 is 14.6 Å². The highest BCUT2D eigenvalue weighted by molar-refractivity contribution is 7.92. The molecule has 94 valence electrons. The second kappa shape index (κ2) is 5.17. The van der Waals surface area contributed by atoms with Crippen molar-refractivity contribution in [3.63, 3.8) is 0 Å². The SMILES string of the molecule is CC(C)(CNCc1cc(C#N)cs1)S(C)(=O)=O. The highest BCUT2D eigenvalue weighted by atomic mass is 32.2. The molecule has 0 aliphatic rings. The molecule has 0 bridgehead atoms. The normalized spacial score (nSPS) is 12.4. The van der Waals surface area contributed by atoms with Gasteiger partial charge in [-0.3, -0.25) is 0 Å². The molecule has 0 unspecified atom stereocenters. The Labute approximate surface area is 106 Å². The molecule has 17 heavy (non-hydrogen) atoms. The average Bonchev–Trinajstić information content (AvgIpc) is 2.63. The molecule has 1 aromatic heterocycles. The van der Waals surface area contributed by atoms with Gasteiger partial charge in [-0.25, -0.2) is 8.42 Å². The van der Waals surface area contributed by atoms with Crippen LogP contribution in [0.1, 0.15) is 24.3 Å². The maximum Gasteiger partial charge on any atom is 0.153 e. The van der Waals surface area contributed by atoms with Gasteiger partial charge in [-0.2, -0.15) is 5.26 Å². The van der Waals surface area contributed by atoms with E-state index in [-0.39, 0.29) is 0 Å². The number of hydrogen-bond acceptors (Lipinski definition) is 5. The van der Waals surface area contributed by atoms with Crippen LogP contribution in [0, 0.1) is 11.3 Å². The van der Waals surface area contributed by atoms with Gasteiger partial charge in [0, 0.05) is 29.6 Å². The molecule has 0 saturated carbocycles. The predicted molar refractivity (Wildman–Crippen MR) is 69.7 cm³/mol. The lowest BCUT2D eigenvalue weighted by atomic mass is 10.2. The smallest absolute Gasteiger partial charge is 0.153 e. The molecule has 6 heteroatoms. The highest BCUT2D eigenvalue weighted by Crippen LogP contribution is 2.16. The summed E-state index contributed by atoms with van der Waals surface area (Å²) < 4.78 is 22.2. The van der Waals surface area contributed by atoms with Crippen LogP contribution in [0.2, 0.25) is 0 Å². The molecule has 1 aromatic rings. The van der Waals surface area contributed by atoms with Crippen molar-refractivity contribution in [1.82, 2.24) is 5.32 Å². The van der Waals surface area contributed by atoms with Crippen LogP contribution in [0.3, 0.4) is 0 Å². The molecule has 0 aliphatic carbocycles. The fourth-order valence-electron chi connectivity index (χ4n) is 1.15. The number of nitriles is 1.